The number of rotatable bonds is 10. The fourth-order valence-corrected chi connectivity index (χ4v) is 9.29. The molecular formula is C33H45F3N6O5S2. The molecule has 16 heteroatoms. The minimum absolute atomic E-state index is 0.0784. The van der Waals surface area contributed by atoms with E-state index >= 15 is 0 Å². The molecule has 49 heavy (non-hydrogen) atoms. The predicted octanol–water partition coefficient (Wildman–Crippen LogP) is 3.44. The number of thioether (sulfide) groups is 1. The summed E-state index contributed by atoms with van der Waals surface area (Å²) in [5.74, 6) is -0.198. The number of likely N-dealkylation sites (tertiary alicyclic amines) is 3. The van der Waals surface area contributed by atoms with Crippen molar-refractivity contribution in [2.45, 2.75) is 87.7 Å². The summed E-state index contributed by atoms with van der Waals surface area (Å²) in [5.41, 5.74) is 1.62. The van der Waals surface area contributed by atoms with Crippen LogP contribution in [-0.2, 0) is 45.3 Å². The minimum atomic E-state index is -4.64. The zero-order valence-corrected chi connectivity index (χ0v) is 29.5. The number of hydrogen-bond acceptors (Lipinski definition) is 8. The third kappa shape index (κ3) is 8.46. The topological polar surface area (TPSA) is 119 Å². The Morgan fingerprint density at radius 1 is 1.02 bits per heavy atom. The molecular weight excluding hydrogens is 682 g/mol. The summed E-state index contributed by atoms with van der Waals surface area (Å²) in [7, 11) is -3.52. The maximum Gasteiger partial charge on any atom is 0.417 e. The molecule has 3 saturated heterocycles. The Hall–Kier alpha value is -2.66. The normalized spacial score (nSPS) is 20.7. The number of amides is 2. The predicted molar refractivity (Wildman–Crippen MR) is 179 cm³/mol. The number of aliphatic hydroxyl groups is 1. The average molecular weight is 727 g/mol. The molecule has 4 aliphatic rings. The smallest absolute Gasteiger partial charge is 0.393 e. The number of sulfonamides is 1. The van der Waals surface area contributed by atoms with Crippen LogP contribution in [0.25, 0.3) is 11.3 Å². The SMILES string of the molecule is CS(=O)(=O)N1CCc2c(c(-c3ccc(C(F)(F)F)c(SCC(=O)N4CCC(O)CC4)c3)nn2CCCN2CCC(N3CCCC3=O)CC2)C1. The Bertz CT molecular complexity index is 1640. The van der Waals surface area contributed by atoms with Crippen molar-refractivity contribution < 1.29 is 36.3 Å². The van der Waals surface area contributed by atoms with Crippen molar-refractivity contribution >= 4 is 33.6 Å². The maximum atomic E-state index is 14.1. The van der Waals surface area contributed by atoms with Crippen LogP contribution in [0.2, 0.25) is 0 Å². The largest absolute Gasteiger partial charge is 0.417 e. The second kappa shape index (κ2) is 14.9. The van der Waals surface area contributed by atoms with E-state index in [0.717, 1.165) is 81.6 Å². The summed E-state index contributed by atoms with van der Waals surface area (Å²) in [6.45, 7) is 5.20. The van der Waals surface area contributed by atoms with Crippen LogP contribution in [0.15, 0.2) is 23.1 Å². The van der Waals surface area contributed by atoms with Crippen molar-refractivity contribution in [3.05, 3.63) is 35.0 Å². The summed E-state index contributed by atoms with van der Waals surface area (Å²) in [6, 6.07) is 4.12. The lowest BCUT2D eigenvalue weighted by Crippen LogP contribution is -2.45. The third-order valence-electron chi connectivity index (χ3n) is 10.2. The molecule has 6 rings (SSSR count). The Balaban J connectivity index is 1.19. The molecule has 0 atom stereocenters. The lowest BCUT2D eigenvalue weighted by Gasteiger charge is -2.36. The number of carbonyl (C=O) groups excluding carboxylic acids is 2. The van der Waals surface area contributed by atoms with Crippen molar-refractivity contribution in [1.29, 1.82) is 0 Å². The molecule has 2 amide bonds. The van der Waals surface area contributed by atoms with Crippen LogP contribution in [0.1, 0.15) is 61.8 Å². The van der Waals surface area contributed by atoms with Gasteiger partial charge in [-0.2, -0.15) is 22.6 Å². The number of nitrogens with zero attached hydrogens (tertiary/aromatic N) is 6. The first-order valence-corrected chi connectivity index (χ1v) is 20.0. The maximum absolute atomic E-state index is 14.1. The van der Waals surface area contributed by atoms with Crippen molar-refractivity contribution in [3.63, 3.8) is 0 Å². The Morgan fingerprint density at radius 3 is 2.41 bits per heavy atom. The number of piperidine rings is 2. The van der Waals surface area contributed by atoms with E-state index in [1.807, 2.05) is 9.58 Å². The second-order valence-electron chi connectivity index (χ2n) is 13.6. The van der Waals surface area contributed by atoms with Gasteiger partial charge in [0.15, 0.2) is 0 Å². The summed E-state index contributed by atoms with van der Waals surface area (Å²) in [4.78, 5) is 31.0. The van der Waals surface area contributed by atoms with Gasteiger partial charge in [-0.15, -0.1) is 11.8 Å². The van der Waals surface area contributed by atoms with Crippen LogP contribution in [0, 0.1) is 0 Å². The van der Waals surface area contributed by atoms with Gasteiger partial charge in [0.25, 0.3) is 0 Å². The molecule has 4 aliphatic heterocycles. The second-order valence-corrected chi connectivity index (χ2v) is 16.6. The highest BCUT2D eigenvalue weighted by atomic mass is 32.2. The van der Waals surface area contributed by atoms with Crippen LogP contribution in [0.4, 0.5) is 13.2 Å². The molecule has 1 aromatic carbocycles. The van der Waals surface area contributed by atoms with E-state index in [4.69, 9.17) is 5.10 Å². The standard InChI is InChI=1S/C33H45F3N6O5S2/c1-49(46,47)40-19-11-28-26(21-40)32(37-42(28)14-3-12-38-15-7-24(8-16-38)41-13-2-4-30(41)44)23-5-6-27(33(34,35)36)29(20-23)48-22-31(45)39-17-9-25(43)10-18-39/h5-6,20,24-25,43H,2-4,7-19,21-22H2,1H3. The average Bonchev–Trinajstić information content (AvgIpc) is 3.66. The molecule has 0 saturated carbocycles. The zero-order valence-electron chi connectivity index (χ0n) is 27.8. The number of benzene rings is 1. The summed E-state index contributed by atoms with van der Waals surface area (Å²) < 4.78 is 70.7. The molecule has 2 aromatic rings. The zero-order chi connectivity index (χ0) is 34.9. The molecule has 0 aliphatic carbocycles. The molecule has 1 N–H and O–H groups in total. The summed E-state index contributed by atoms with van der Waals surface area (Å²) in [6.07, 6.45) is 1.65. The van der Waals surface area contributed by atoms with Gasteiger partial charge in [-0.25, -0.2) is 8.42 Å². The van der Waals surface area contributed by atoms with E-state index in [-0.39, 0.29) is 29.0 Å². The number of carbonyl (C=O) groups is 2. The molecule has 0 bridgehead atoms. The Labute approximate surface area is 289 Å². The number of alkyl halides is 3. The van der Waals surface area contributed by atoms with Crippen molar-refractivity contribution in [2.24, 2.45) is 0 Å². The van der Waals surface area contributed by atoms with Gasteiger partial charge < -0.3 is 19.8 Å². The van der Waals surface area contributed by atoms with Crippen LogP contribution in [0.5, 0.6) is 0 Å². The minimum Gasteiger partial charge on any atom is -0.393 e. The van der Waals surface area contributed by atoms with E-state index < -0.39 is 27.9 Å². The number of aryl methyl sites for hydroxylation is 1. The molecule has 0 spiro atoms. The van der Waals surface area contributed by atoms with Gasteiger partial charge in [-0.1, -0.05) is 6.07 Å². The molecule has 1 aromatic heterocycles. The highest BCUT2D eigenvalue weighted by molar-refractivity contribution is 8.00. The fraction of sp³-hybridized carbons (Fsp3) is 0.667. The number of aliphatic hydroxyl groups excluding tert-OH is 1. The summed E-state index contributed by atoms with van der Waals surface area (Å²) in [5, 5.41) is 14.6. The number of hydrogen-bond donors (Lipinski definition) is 1. The first kappa shape index (κ1) is 36.1. The monoisotopic (exact) mass is 726 g/mol. The van der Waals surface area contributed by atoms with Crippen molar-refractivity contribution in [3.8, 4) is 11.3 Å². The van der Waals surface area contributed by atoms with E-state index in [2.05, 4.69) is 4.90 Å². The van der Waals surface area contributed by atoms with E-state index in [0.29, 0.717) is 74.7 Å². The van der Waals surface area contributed by atoms with Gasteiger partial charge >= 0.3 is 6.18 Å². The third-order valence-corrected chi connectivity index (χ3v) is 12.5. The molecule has 270 valence electrons. The lowest BCUT2D eigenvalue weighted by atomic mass is 10.0. The first-order chi connectivity index (χ1) is 23.3. The highest BCUT2D eigenvalue weighted by Gasteiger charge is 2.36. The van der Waals surface area contributed by atoms with E-state index in [1.165, 1.54) is 16.4 Å². The first-order valence-electron chi connectivity index (χ1n) is 17.1. The number of aromatic nitrogens is 2. The fourth-order valence-electron chi connectivity index (χ4n) is 7.49. The molecule has 0 radical (unpaired) electrons. The van der Waals surface area contributed by atoms with E-state index in [9.17, 15) is 36.3 Å². The quantitative estimate of drug-likeness (QED) is 0.371. The number of fused-ring (bicyclic) bond motifs is 1. The molecule has 5 heterocycles. The molecule has 11 nitrogen and oxygen atoms in total. The van der Waals surface area contributed by atoms with Crippen LogP contribution >= 0.6 is 11.8 Å². The lowest BCUT2D eigenvalue weighted by molar-refractivity contribution is -0.140. The van der Waals surface area contributed by atoms with Gasteiger partial charge in [-0.05, 0) is 57.2 Å². The van der Waals surface area contributed by atoms with Gasteiger partial charge in [0.2, 0.25) is 21.8 Å². The molecule has 3 fully saturated rings. The van der Waals surface area contributed by atoms with Gasteiger partial charge in [0.1, 0.15) is 0 Å². The molecule has 0 unspecified atom stereocenters. The van der Waals surface area contributed by atoms with Crippen LogP contribution in [0.3, 0.4) is 0 Å². The van der Waals surface area contributed by atoms with Crippen molar-refractivity contribution in [2.75, 3.05) is 57.8 Å². The number of halogens is 3. The van der Waals surface area contributed by atoms with Gasteiger partial charge in [-0.3, -0.25) is 14.3 Å². The Morgan fingerprint density at radius 2 is 1.76 bits per heavy atom. The highest BCUT2D eigenvalue weighted by Crippen LogP contribution is 2.40. The van der Waals surface area contributed by atoms with Gasteiger partial charge in [0.05, 0.1) is 29.4 Å². The summed E-state index contributed by atoms with van der Waals surface area (Å²) >= 11 is 0.830. The van der Waals surface area contributed by atoms with Crippen LogP contribution < -0.4 is 0 Å². The van der Waals surface area contributed by atoms with E-state index in [1.54, 1.807) is 4.90 Å². The van der Waals surface area contributed by atoms with Crippen molar-refractivity contribution in [1.82, 2.24) is 28.8 Å². The van der Waals surface area contributed by atoms with Crippen LogP contribution in [-0.4, -0.2) is 124 Å². The Kier molecular flexibility index (Phi) is 11.0. The van der Waals surface area contributed by atoms with Gasteiger partial charge in [0, 0.05) is 93.0 Å².